The van der Waals surface area contributed by atoms with Gasteiger partial charge in [0, 0.05) is 28.7 Å². The lowest BCUT2D eigenvalue weighted by molar-refractivity contribution is -0.0510. The van der Waals surface area contributed by atoms with Gasteiger partial charge in [0.2, 0.25) is 0 Å². The zero-order valence-electron chi connectivity index (χ0n) is 11.2. The molecular weight excluding hydrogens is 238 g/mol. The van der Waals surface area contributed by atoms with Crippen molar-refractivity contribution < 1.29 is 5.11 Å². The van der Waals surface area contributed by atoms with Crippen LogP contribution in [0.1, 0.15) is 20.3 Å². The maximum atomic E-state index is 9.81. The molecule has 19 heavy (non-hydrogen) atoms. The second-order valence-corrected chi connectivity index (χ2v) is 5.87. The van der Waals surface area contributed by atoms with Crippen molar-refractivity contribution in [2.45, 2.75) is 32.4 Å². The number of nitrogens with two attached hydrogens (primary N) is 1. The van der Waals surface area contributed by atoms with E-state index in [4.69, 9.17) is 5.73 Å². The average molecular weight is 257 g/mol. The van der Waals surface area contributed by atoms with Crippen molar-refractivity contribution in [3.8, 4) is 0 Å². The fraction of sp³-hybridized carbons (Fsp3) is 0.400. The Morgan fingerprint density at radius 2 is 2.16 bits per heavy atom. The number of nitrogens with one attached hydrogen (secondary N) is 1. The number of aromatic nitrogens is 1. The van der Waals surface area contributed by atoms with Crippen LogP contribution in [0, 0.1) is 5.41 Å². The summed E-state index contributed by atoms with van der Waals surface area (Å²) in [4.78, 5) is 4.42. The Labute approximate surface area is 112 Å². The molecule has 4 nitrogen and oxygen atoms in total. The molecule has 3 rings (SSSR count). The smallest absolute Gasteiger partial charge is 0.0953 e. The van der Waals surface area contributed by atoms with Gasteiger partial charge in [-0.15, -0.1) is 0 Å². The summed E-state index contributed by atoms with van der Waals surface area (Å²) in [6, 6.07) is 7.99. The number of aliphatic hydroxyl groups excluding tert-OH is 1. The molecule has 0 spiro atoms. The summed E-state index contributed by atoms with van der Waals surface area (Å²) in [5, 5.41) is 14.3. The third kappa shape index (κ3) is 1.83. The number of fused-ring (bicyclic) bond motifs is 1. The van der Waals surface area contributed by atoms with E-state index in [2.05, 4.69) is 24.1 Å². The van der Waals surface area contributed by atoms with Gasteiger partial charge in [0.05, 0.1) is 17.3 Å². The number of pyridine rings is 1. The van der Waals surface area contributed by atoms with Gasteiger partial charge in [-0.25, -0.2) is 0 Å². The Bertz CT molecular complexity index is 624. The summed E-state index contributed by atoms with van der Waals surface area (Å²) in [6.45, 7) is 4.15. The molecule has 2 unspecified atom stereocenters. The van der Waals surface area contributed by atoms with E-state index in [1.807, 2.05) is 24.3 Å². The molecule has 1 aromatic heterocycles. The quantitative estimate of drug-likeness (QED) is 0.722. The normalized spacial score (nSPS) is 25.0. The predicted octanol–water partition coefficient (Wildman–Crippen LogP) is 2.39. The molecule has 1 aromatic carbocycles. The first-order chi connectivity index (χ1) is 9.00. The van der Waals surface area contributed by atoms with Crippen LogP contribution in [0.4, 0.5) is 11.4 Å². The maximum absolute atomic E-state index is 9.81. The highest BCUT2D eigenvalue weighted by Crippen LogP contribution is 2.43. The fourth-order valence-electron chi connectivity index (χ4n) is 2.65. The number of anilines is 2. The van der Waals surface area contributed by atoms with Gasteiger partial charge >= 0.3 is 0 Å². The van der Waals surface area contributed by atoms with Crippen LogP contribution in [0.25, 0.3) is 10.9 Å². The van der Waals surface area contributed by atoms with E-state index in [-0.39, 0.29) is 17.6 Å². The van der Waals surface area contributed by atoms with Gasteiger partial charge in [-0.05, 0) is 30.7 Å². The third-order valence-corrected chi connectivity index (χ3v) is 4.35. The molecule has 0 saturated heterocycles. The standard InChI is InChI=1S/C15H19N3O/c1-15(2)12(8-13(15)19)18-11-6-5-10(16)9-4-3-7-17-14(9)11/h3-7,12-13,18-19H,8,16H2,1-2H3. The summed E-state index contributed by atoms with van der Waals surface area (Å²) < 4.78 is 0. The number of benzene rings is 1. The second kappa shape index (κ2) is 4.10. The second-order valence-electron chi connectivity index (χ2n) is 5.87. The van der Waals surface area contributed by atoms with Crippen LogP contribution in [-0.2, 0) is 0 Å². The molecule has 1 aliphatic rings. The first-order valence-corrected chi connectivity index (χ1v) is 6.58. The zero-order valence-corrected chi connectivity index (χ0v) is 11.2. The van der Waals surface area contributed by atoms with Crippen LogP contribution >= 0.6 is 0 Å². The maximum Gasteiger partial charge on any atom is 0.0953 e. The molecule has 1 heterocycles. The molecule has 4 N–H and O–H groups in total. The van der Waals surface area contributed by atoms with Crippen LogP contribution in [0.15, 0.2) is 30.5 Å². The van der Waals surface area contributed by atoms with Gasteiger partial charge in [0.15, 0.2) is 0 Å². The number of hydrogen-bond donors (Lipinski definition) is 3. The summed E-state index contributed by atoms with van der Waals surface area (Å²) in [5.74, 6) is 0. The number of aliphatic hydroxyl groups is 1. The molecule has 0 amide bonds. The summed E-state index contributed by atoms with van der Waals surface area (Å²) >= 11 is 0. The van der Waals surface area contributed by atoms with E-state index in [0.29, 0.717) is 0 Å². The molecular formula is C15H19N3O. The van der Waals surface area contributed by atoms with Gasteiger partial charge in [0.1, 0.15) is 0 Å². The number of nitrogens with zero attached hydrogens (tertiary/aromatic N) is 1. The molecule has 4 heteroatoms. The van der Waals surface area contributed by atoms with Crippen molar-refractivity contribution in [1.29, 1.82) is 0 Å². The number of nitrogen functional groups attached to an aromatic ring is 1. The molecule has 2 atom stereocenters. The average Bonchev–Trinajstić information content (AvgIpc) is 2.41. The summed E-state index contributed by atoms with van der Waals surface area (Å²) in [5.41, 5.74) is 8.47. The molecule has 0 bridgehead atoms. The van der Waals surface area contributed by atoms with Crippen LogP contribution in [0.5, 0.6) is 0 Å². The van der Waals surface area contributed by atoms with Gasteiger partial charge in [-0.1, -0.05) is 13.8 Å². The Hall–Kier alpha value is -1.81. The third-order valence-electron chi connectivity index (χ3n) is 4.35. The minimum atomic E-state index is -0.238. The Balaban J connectivity index is 1.97. The number of hydrogen-bond acceptors (Lipinski definition) is 4. The first kappa shape index (κ1) is 12.2. The molecule has 1 saturated carbocycles. The van der Waals surface area contributed by atoms with Crippen molar-refractivity contribution in [2.75, 3.05) is 11.1 Å². The molecule has 1 aliphatic carbocycles. The summed E-state index contributed by atoms with van der Waals surface area (Å²) in [6.07, 6.45) is 2.30. The van der Waals surface area contributed by atoms with Crippen molar-refractivity contribution in [3.05, 3.63) is 30.5 Å². The van der Waals surface area contributed by atoms with Crippen LogP contribution in [0.3, 0.4) is 0 Å². The monoisotopic (exact) mass is 257 g/mol. The van der Waals surface area contributed by atoms with E-state index in [9.17, 15) is 5.11 Å². The minimum Gasteiger partial charge on any atom is -0.398 e. The highest BCUT2D eigenvalue weighted by molar-refractivity contribution is 5.98. The highest BCUT2D eigenvalue weighted by Gasteiger charge is 2.47. The van der Waals surface area contributed by atoms with Gasteiger partial charge in [-0.2, -0.15) is 0 Å². The number of rotatable bonds is 2. The molecule has 0 aliphatic heterocycles. The zero-order chi connectivity index (χ0) is 13.6. The lowest BCUT2D eigenvalue weighted by Crippen LogP contribution is -2.56. The largest absolute Gasteiger partial charge is 0.398 e. The summed E-state index contributed by atoms with van der Waals surface area (Å²) in [7, 11) is 0. The van der Waals surface area contributed by atoms with Crippen molar-refractivity contribution in [1.82, 2.24) is 4.98 Å². The molecule has 1 fully saturated rings. The predicted molar refractivity (Wildman–Crippen MR) is 78.0 cm³/mol. The Kier molecular flexibility index (Phi) is 2.64. The van der Waals surface area contributed by atoms with E-state index in [1.165, 1.54) is 0 Å². The Morgan fingerprint density at radius 3 is 2.84 bits per heavy atom. The fourth-order valence-corrected chi connectivity index (χ4v) is 2.65. The van der Waals surface area contributed by atoms with Crippen LogP contribution < -0.4 is 11.1 Å². The van der Waals surface area contributed by atoms with Crippen LogP contribution in [-0.4, -0.2) is 22.2 Å². The van der Waals surface area contributed by atoms with Gasteiger partial charge in [-0.3, -0.25) is 4.98 Å². The molecule has 0 radical (unpaired) electrons. The van der Waals surface area contributed by atoms with Crippen LogP contribution in [0.2, 0.25) is 0 Å². The van der Waals surface area contributed by atoms with Crippen molar-refractivity contribution >= 4 is 22.3 Å². The van der Waals surface area contributed by atoms with E-state index in [1.54, 1.807) is 6.20 Å². The molecule has 2 aromatic rings. The van der Waals surface area contributed by atoms with E-state index < -0.39 is 0 Å². The molecule has 100 valence electrons. The highest BCUT2D eigenvalue weighted by atomic mass is 16.3. The van der Waals surface area contributed by atoms with Gasteiger partial charge in [0.25, 0.3) is 0 Å². The first-order valence-electron chi connectivity index (χ1n) is 6.58. The lowest BCUT2D eigenvalue weighted by atomic mass is 9.64. The minimum absolute atomic E-state index is 0.109. The van der Waals surface area contributed by atoms with E-state index in [0.717, 1.165) is 28.7 Å². The van der Waals surface area contributed by atoms with E-state index >= 15 is 0 Å². The topological polar surface area (TPSA) is 71.2 Å². The van der Waals surface area contributed by atoms with Crippen molar-refractivity contribution in [2.24, 2.45) is 5.41 Å². The van der Waals surface area contributed by atoms with Crippen molar-refractivity contribution in [3.63, 3.8) is 0 Å². The SMILES string of the molecule is CC1(C)C(O)CC1Nc1ccc(N)c2cccnc12. The van der Waals surface area contributed by atoms with Gasteiger partial charge < -0.3 is 16.2 Å². The lowest BCUT2D eigenvalue weighted by Gasteiger charge is -2.49. The Morgan fingerprint density at radius 1 is 1.37 bits per heavy atom.